The number of ether oxygens (including phenoxy) is 5. The van der Waals surface area contributed by atoms with E-state index in [-0.39, 0.29) is 40.6 Å². The molecule has 2 aliphatic rings. The van der Waals surface area contributed by atoms with E-state index in [4.69, 9.17) is 28.8 Å². The second-order valence-electron chi connectivity index (χ2n) is 11.5. The quantitative estimate of drug-likeness (QED) is 0.216. The first kappa shape index (κ1) is 35.4. The van der Waals surface area contributed by atoms with E-state index < -0.39 is 5.41 Å². The van der Waals surface area contributed by atoms with E-state index in [1.165, 1.54) is 19.2 Å². The van der Waals surface area contributed by atoms with Crippen LogP contribution in [0, 0.1) is 22.2 Å². The van der Waals surface area contributed by atoms with Gasteiger partial charge in [0, 0.05) is 5.92 Å². The summed E-state index contributed by atoms with van der Waals surface area (Å²) >= 11 is 0. The largest absolute Gasteiger partial charge is 0.508 e. The van der Waals surface area contributed by atoms with Crippen LogP contribution in [0.3, 0.4) is 0 Å². The molecule has 0 amide bonds. The Morgan fingerprint density at radius 3 is 1.95 bits per heavy atom. The summed E-state index contributed by atoms with van der Waals surface area (Å²) in [6.07, 6.45) is 3.48. The van der Waals surface area contributed by atoms with Gasteiger partial charge >= 0.3 is 17.9 Å². The van der Waals surface area contributed by atoms with E-state index in [9.17, 15) is 14.4 Å². The summed E-state index contributed by atoms with van der Waals surface area (Å²) in [5, 5.41) is 9.06. The Morgan fingerprint density at radius 1 is 0.950 bits per heavy atom. The lowest BCUT2D eigenvalue weighted by atomic mass is 9.74. The third-order valence-corrected chi connectivity index (χ3v) is 7.90. The third-order valence-electron chi connectivity index (χ3n) is 7.90. The number of carbonyl (C=O) groups excluding carboxylic acids is 3. The van der Waals surface area contributed by atoms with Gasteiger partial charge in [-0.25, -0.2) is 0 Å². The van der Waals surface area contributed by atoms with Gasteiger partial charge in [-0.2, -0.15) is 0 Å². The van der Waals surface area contributed by atoms with Gasteiger partial charge in [0.1, 0.15) is 24.2 Å². The van der Waals surface area contributed by atoms with Crippen LogP contribution in [0.2, 0.25) is 0 Å². The fourth-order valence-corrected chi connectivity index (χ4v) is 3.71. The molecule has 40 heavy (non-hydrogen) atoms. The first-order valence-electron chi connectivity index (χ1n) is 14.2. The van der Waals surface area contributed by atoms with E-state index in [1.807, 2.05) is 48.5 Å². The number of hydrogen-bond donors (Lipinski definition) is 1. The number of phenols is 1. The van der Waals surface area contributed by atoms with Crippen molar-refractivity contribution in [1.82, 2.24) is 0 Å². The molecule has 9 heteroatoms. The molecule has 9 nitrogen and oxygen atoms in total. The number of aromatic hydroxyl groups is 1. The van der Waals surface area contributed by atoms with Crippen LogP contribution in [0.15, 0.2) is 24.3 Å². The molecule has 228 valence electrons. The zero-order valence-electron chi connectivity index (χ0n) is 25.8. The molecule has 3 rings (SSSR count). The second-order valence-corrected chi connectivity index (χ2v) is 11.5. The summed E-state index contributed by atoms with van der Waals surface area (Å²) in [4.78, 5) is 34.6. The Kier molecular flexibility index (Phi) is 14.1. The van der Waals surface area contributed by atoms with Gasteiger partial charge < -0.3 is 28.8 Å². The van der Waals surface area contributed by atoms with Gasteiger partial charge in [-0.05, 0) is 77.6 Å². The van der Waals surface area contributed by atoms with Crippen molar-refractivity contribution >= 4 is 17.9 Å². The number of epoxide rings is 1. The van der Waals surface area contributed by atoms with Gasteiger partial charge in [0.15, 0.2) is 0 Å². The predicted octanol–water partition coefficient (Wildman–Crippen LogP) is 5.71. The molecule has 1 aromatic carbocycles. The van der Waals surface area contributed by atoms with Gasteiger partial charge in [-0.1, -0.05) is 27.7 Å². The van der Waals surface area contributed by atoms with E-state index in [1.54, 1.807) is 12.1 Å². The summed E-state index contributed by atoms with van der Waals surface area (Å²) in [5.41, 5.74) is -1.20. The molecule has 0 saturated carbocycles. The summed E-state index contributed by atoms with van der Waals surface area (Å²) < 4.78 is 25.4. The molecule has 2 heterocycles. The lowest BCUT2D eigenvalue weighted by Gasteiger charge is -2.28. The zero-order valence-corrected chi connectivity index (χ0v) is 25.8. The van der Waals surface area contributed by atoms with Crippen LogP contribution in [0.4, 0.5) is 0 Å². The maximum absolute atomic E-state index is 11.7. The van der Waals surface area contributed by atoms with E-state index >= 15 is 0 Å². The molecule has 2 saturated heterocycles. The molecule has 3 atom stereocenters. The molecule has 0 aromatic heterocycles. The Morgan fingerprint density at radius 2 is 1.50 bits per heavy atom. The molecule has 1 aromatic rings. The average Bonchev–Trinajstić information content (AvgIpc) is 3.69. The van der Waals surface area contributed by atoms with Crippen molar-refractivity contribution < 1.29 is 43.2 Å². The van der Waals surface area contributed by atoms with Crippen molar-refractivity contribution in [3.8, 4) is 11.5 Å². The number of rotatable bonds is 10. The topological polar surface area (TPSA) is 121 Å². The highest BCUT2D eigenvalue weighted by Gasteiger charge is 2.48. The SMILES string of the molecule is CCC(C)(C)C(=O)OCC1CO1.CCC(C)(C)C(=O)Oc1ccc(O)cc1.CCC1COCC1(CC)C(=O)OC. The van der Waals surface area contributed by atoms with Gasteiger partial charge in [0.25, 0.3) is 0 Å². The fourth-order valence-electron chi connectivity index (χ4n) is 3.71. The lowest BCUT2D eigenvalue weighted by molar-refractivity contribution is -0.155. The Bertz CT molecular complexity index is 935. The van der Waals surface area contributed by atoms with Crippen LogP contribution in [0.1, 0.15) is 81.1 Å². The molecule has 2 aliphatic heterocycles. The molecular formula is C31H50O9. The van der Waals surface area contributed by atoms with Crippen LogP contribution in [-0.2, 0) is 33.3 Å². The van der Waals surface area contributed by atoms with Crippen molar-refractivity contribution in [3.05, 3.63) is 24.3 Å². The summed E-state index contributed by atoms with van der Waals surface area (Å²) in [7, 11) is 1.45. The number of hydrogen-bond acceptors (Lipinski definition) is 9. The highest BCUT2D eigenvalue weighted by molar-refractivity contribution is 5.78. The first-order valence-corrected chi connectivity index (χ1v) is 14.2. The van der Waals surface area contributed by atoms with Crippen LogP contribution in [0.5, 0.6) is 11.5 Å². The molecule has 0 spiro atoms. The zero-order chi connectivity index (χ0) is 30.6. The monoisotopic (exact) mass is 566 g/mol. The van der Waals surface area contributed by atoms with Gasteiger partial charge in [0.05, 0.1) is 43.2 Å². The van der Waals surface area contributed by atoms with Crippen LogP contribution >= 0.6 is 0 Å². The minimum atomic E-state index is -0.474. The average molecular weight is 567 g/mol. The van der Waals surface area contributed by atoms with Crippen LogP contribution in [0.25, 0.3) is 0 Å². The minimum Gasteiger partial charge on any atom is -0.508 e. The first-order chi connectivity index (χ1) is 18.7. The number of phenolic OH excluding ortho intramolecular Hbond substituents is 1. The predicted molar refractivity (Wildman–Crippen MR) is 152 cm³/mol. The highest BCUT2D eigenvalue weighted by Crippen LogP contribution is 2.40. The molecule has 0 radical (unpaired) electrons. The molecule has 1 N–H and O–H groups in total. The van der Waals surface area contributed by atoms with Gasteiger partial charge in [-0.15, -0.1) is 0 Å². The Labute approximate surface area is 239 Å². The fraction of sp³-hybridized carbons (Fsp3) is 0.710. The third kappa shape index (κ3) is 10.4. The maximum Gasteiger partial charge on any atom is 0.316 e. The normalized spacial score (nSPS) is 21.6. The Balaban J connectivity index is 0.000000302. The Hall–Kier alpha value is -2.65. The van der Waals surface area contributed by atoms with Crippen LogP contribution in [-0.4, -0.2) is 62.7 Å². The number of esters is 3. The van der Waals surface area contributed by atoms with E-state index in [0.29, 0.717) is 31.5 Å². The van der Waals surface area contributed by atoms with Gasteiger partial charge in [0.2, 0.25) is 0 Å². The maximum atomic E-state index is 11.7. The smallest absolute Gasteiger partial charge is 0.316 e. The van der Waals surface area contributed by atoms with Crippen molar-refractivity contribution in [2.75, 3.05) is 33.5 Å². The summed E-state index contributed by atoms with van der Waals surface area (Å²) in [6.45, 7) is 17.9. The van der Waals surface area contributed by atoms with Crippen molar-refractivity contribution in [2.24, 2.45) is 22.2 Å². The molecular weight excluding hydrogens is 516 g/mol. The molecule has 0 bridgehead atoms. The second kappa shape index (κ2) is 16.0. The summed E-state index contributed by atoms with van der Waals surface area (Å²) in [5.74, 6) is 0.448. The molecule has 0 aliphatic carbocycles. The van der Waals surface area contributed by atoms with E-state index in [0.717, 1.165) is 32.3 Å². The van der Waals surface area contributed by atoms with Crippen molar-refractivity contribution in [1.29, 1.82) is 0 Å². The highest BCUT2D eigenvalue weighted by atomic mass is 16.6. The molecule has 2 fully saturated rings. The van der Waals surface area contributed by atoms with E-state index in [2.05, 4.69) is 6.92 Å². The number of benzene rings is 1. The standard InChI is InChI=1S/C12H16O3.C10H18O3.C9H16O3/c1-4-12(2,3)11(14)15-10-7-5-9(13)6-8-10;1-4-8-6-13-7-10(8,5-2)9(11)12-3;1-4-9(2,3)8(10)12-6-7-5-11-7/h5-8,13H,4H2,1-3H3;8H,4-7H2,1-3H3;7H,4-6H2,1-3H3. The number of carbonyl (C=O) groups is 3. The minimum absolute atomic E-state index is 0.112. The molecule has 3 unspecified atom stereocenters. The van der Waals surface area contributed by atoms with Gasteiger partial charge in [-0.3, -0.25) is 14.4 Å². The lowest BCUT2D eigenvalue weighted by Crippen LogP contribution is -2.38. The number of methoxy groups -OCH3 is 1. The van der Waals surface area contributed by atoms with Crippen LogP contribution < -0.4 is 4.74 Å². The summed E-state index contributed by atoms with van der Waals surface area (Å²) in [6, 6.07) is 6.11. The van der Waals surface area contributed by atoms with Crippen molar-refractivity contribution in [3.63, 3.8) is 0 Å². The van der Waals surface area contributed by atoms with Crippen molar-refractivity contribution in [2.45, 2.75) is 87.2 Å².